The minimum atomic E-state index is -0.257. The number of aryl methyl sites for hydroxylation is 2. The summed E-state index contributed by atoms with van der Waals surface area (Å²) < 4.78 is 2.78. The highest BCUT2D eigenvalue weighted by Crippen LogP contribution is 2.16. The maximum atomic E-state index is 12.3. The normalized spacial score (nSPS) is 11.1. The average Bonchev–Trinajstić information content (AvgIpc) is 3.17. The number of hydrogen-bond donors (Lipinski definition) is 5. The third-order valence-electron chi connectivity index (χ3n) is 4.82. The van der Waals surface area contributed by atoms with Gasteiger partial charge in [-0.2, -0.15) is 4.98 Å². The standard InChI is InChI=1S/C22H28N6O3S/c1-13(2)32-28-17(29)4-3-11-24-20(30)15-8-5-14(6-9-15)7-10-16-12-25-19-18(16)21(31)27-22(23)26-19/h5-6,8-9,12-13H,3-4,7,10-11H2,1-2H3,(H,24,30)(H,28,29)(H4,23,25,26,27,31). The highest BCUT2D eigenvalue weighted by molar-refractivity contribution is 7.98. The predicted molar refractivity (Wildman–Crippen MR) is 127 cm³/mol. The van der Waals surface area contributed by atoms with E-state index in [0.717, 1.165) is 11.1 Å². The Bertz CT molecular complexity index is 1140. The summed E-state index contributed by atoms with van der Waals surface area (Å²) in [7, 11) is 0. The third-order valence-corrected chi connectivity index (χ3v) is 5.63. The maximum absolute atomic E-state index is 12.3. The van der Waals surface area contributed by atoms with Gasteiger partial charge < -0.3 is 16.0 Å². The Morgan fingerprint density at radius 3 is 2.66 bits per heavy atom. The van der Waals surface area contributed by atoms with E-state index in [2.05, 4.69) is 25.0 Å². The lowest BCUT2D eigenvalue weighted by atomic mass is 10.0. The van der Waals surface area contributed by atoms with Crippen LogP contribution >= 0.6 is 11.9 Å². The van der Waals surface area contributed by atoms with E-state index in [1.165, 1.54) is 11.9 Å². The number of nitrogens with zero attached hydrogens (tertiary/aromatic N) is 1. The van der Waals surface area contributed by atoms with Crippen LogP contribution in [0.5, 0.6) is 0 Å². The van der Waals surface area contributed by atoms with Crippen molar-refractivity contribution in [1.82, 2.24) is 25.0 Å². The van der Waals surface area contributed by atoms with Crippen molar-refractivity contribution < 1.29 is 9.59 Å². The molecule has 10 heteroatoms. The van der Waals surface area contributed by atoms with Crippen molar-refractivity contribution in [3.05, 3.63) is 57.5 Å². The van der Waals surface area contributed by atoms with Gasteiger partial charge in [0.15, 0.2) is 0 Å². The Morgan fingerprint density at radius 1 is 1.19 bits per heavy atom. The first-order chi connectivity index (χ1) is 15.3. The zero-order valence-corrected chi connectivity index (χ0v) is 19.0. The Kier molecular flexibility index (Phi) is 7.93. The van der Waals surface area contributed by atoms with E-state index in [1.807, 2.05) is 26.0 Å². The molecule has 9 nitrogen and oxygen atoms in total. The van der Waals surface area contributed by atoms with Gasteiger partial charge >= 0.3 is 0 Å². The fourth-order valence-electron chi connectivity index (χ4n) is 3.21. The minimum absolute atomic E-state index is 0.0289. The molecule has 0 aliphatic rings. The molecule has 170 valence electrons. The van der Waals surface area contributed by atoms with Gasteiger partial charge in [0.2, 0.25) is 11.9 Å². The molecule has 0 bridgehead atoms. The number of nitrogen functional groups attached to an aromatic ring is 1. The molecule has 6 N–H and O–H groups in total. The monoisotopic (exact) mass is 456 g/mol. The number of amides is 2. The van der Waals surface area contributed by atoms with Gasteiger partial charge in [-0.25, -0.2) is 0 Å². The van der Waals surface area contributed by atoms with Crippen LogP contribution in [0, 0.1) is 0 Å². The second-order valence-electron chi connectivity index (χ2n) is 7.74. The Hall–Kier alpha value is -3.27. The molecule has 0 fully saturated rings. The number of nitrogens with two attached hydrogens (primary N) is 1. The van der Waals surface area contributed by atoms with E-state index < -0.39 is 0 Å². The minimum Gasteiger partial charge on any atom is -0.369 e. The second-order valence-corrected chi connectivity index (χ2v) is 9.12. The molecule has 0 aliphatic heterocycles. The van der Waals surface area contributed by atoms with Crippen molar-refractivity contribution in [2.45, 2.75) is 44.8 Å². The van der Waals surface area contributed by atoms with E-state index in [4.69, 9.17) is 5.73 Å². The summed E-state index contributed by atoms with van der Waals surface area (Å²) >= 11 is 1.39. The van der Waals surface area contributed by atoms with Crippen LogP contribution in [0.1, 0.15) is 48.2 Å². The lowest BCUT2D eigenvalue weighted by molar-refractivity contribution is -0.119. The molecule has 2 amide bonds. The van der Waals surface area contributed by atoms with E-state index in [1.54, 1.807) is 18.3 Å². The number of nitrogens with one attached hydrogen (secondary N) is 4. The van der Waals surface area contributed by atoms with Crippen LogP contribution in [-0.4, -0.2) is 38.6 Å². The van der Waals surface area contributed by atoms with E-state index in [9.17, 15) is 14.4 Å². The Balaban J connectivity index is 1.46. The third kappa shape index (κ3) is 6.36. The lowest BCUT2D eigenvalue weighted by Crippen LogP contribution is -2.26. The van der Waals surface area contributed by atoms with Crippen molar-refractivity contribution in [2.24, 2.45) is 0 Å². The Morgan fingerprint density at radius 2 is 1.94 bits per heavy atom. The molecule has 0 unspecified atom stereocenters. The molecule has 2 heterocycles. The van der Waals surface area contributed by atoms with Crippen molar-refractivity contribution in [2.75, 3.05) is 12.3 Å². The molecular weight excluding hydrogens is 428 g/mol. The van der Waals surface area contributed by atoms with Crippen LogP contribution in [-0.2, 0) is 17.6 Å². The molecule has 0 atom stereocenters. The molecule has 0 radical (unpaired) electrons. The number of hydrogen-bond acceptors (Lipinski definition) is 6. The molecule has 3 rings (SSSR count). The van der Waals surface area contributed by atoms with Crippen LogP contribution in [0.15, 0.2) is 35.3 Å². The number of H-pyrrole nitrogens is 2. The first-order valence-corrected chi connectivity index (χ1v) is 11.4. The highest BCUT2D eigenvalue weighted by Gasteiger charge is 2.11. The smallest absolute Gasteiger partial charge is 0.262 e. The van der Waals surface area contributed by atoms with Gasteiger partial charge in [-0.15, -0.1) is 0 Å². The molecular formula is C22H28N6O3S. The number of rotatable bonds is 10. The summed E-state index contributed by atoms with van der Waals surface area (Å²) in [5, 5.41) is 3.69. The van der Waals surface area contributed by atoms with E-state index in [0.29, 0.717) is 54.1 Å². The van der Waals surface area contributed by atoms with E-state index >= 15 is 0 Å². The van der Waals surface area contributed by atoms with Crippen LogP contribution in [0.2, 0.25) is 0 Å². The molecule has 0 saturated heterocycles. The topological polar surface area (TPSA) is 146 Å². The number of anilines is 1. The van der Waals surface area contributed by atoms with Gasteiger partial charge in [0.05, 0.1) is 5.39 Å². The van der Waals surface area contributed by atoms with E-state index in [-0.39, 0.29) is 23.3 Å². The van der Waals surface area contributed by atoms with Crippen LogP contribution in [0.3, 0.4) is 0 Å². The first kappa shape index (κ1) is 23.4. The second kappa shape index (κ2) is 10.9. The number of fused-ring (bicyclic) bond motifs is 1. The zero-order chi connectivity index (χ0) is 23.1. The number of carbonyl (C=O) groups is 2. The largest absolute Gasteiger partial charge is 0.369 e. The van der Waals surface area contributed by atoms with Gasteiger partial charge in [0.25, 0.3) is 11.5 Å². The maximum Gasteiger partial charge on any atom is 0.262 e. The predicted octanol–water partition coefficient (Wildman–Crippen LogP) is 2.30. The molecule has 0 saturated carbocycles. The van der Waals surface area contributed by atoms with Gasteiger partial charge in [-0.05, 0) is 54.5 Å². The van der Waals surface area contributed by atoms with Crippen molar-refractivity contribution in [3.8, 4) is 0 Å². The highest BCUT2D eigenvalue weighted by atomic mass is 32.2. The molecule has 1 aromatic carbocycles. The van der Waals surface area contributed by atoms with Gasteiger partial charge in [0, 0.05) is 30.0 Å². The lowest BCUT2D eigenvalue weighted by Gasteiger charge is -2.08. The van der Waals surface area contributed by atoms with Crippen LogP contribution in [0.25, 0.3) is 11.0 Å². The summed E-state index contributed by atoms with van der Waals surface area (Å²) in [6.07, 6.45) is 4.09. The van der Waals surface area contributed by atoms with Crippen molar-refractivity contribution >= 4 is 40.7 Å². The summed E-state index contributed by atoms with van der Waals surface area (Å²) in [5.41, 5.74) is 8.28. The number of benzene rings is 1. The van der Waals surface area contributed by atoms with Gasteiger partial charge in [-0.1, -0.05) is 26.0 Å². The molecule has 0 aliphatic carbocycles. The van der Waals surface area contributed by atoms with Crippen molar-refractivity contribution in [3.63, 3.8) is 0 Å². The summed E-state index contributed by atoms with van der Waals surface area (Å²) in [5.74, 6) is -0.114. The molecule has 2 aromatic heterocycles. The van der Waals surface area contributed by atoms with Gasteiger partial charge in [-0.3, -0.25) is 24.1 Å². The number of aromatic amines is 2. The molecule has 0 spiro atoms. The fraction of sp³-hybridized carbons (Fsp3) is 0.364. The SMILES string of the molecule is CC(C)SNC(=O)CCCNC(=O)c1ccc(CCc2c[nH]c3nc(N)[nH]c(=O)c23)cc1. The number of carbonyl (C=O) groups excluding carboxylic acids is 2. The van der Waals surface area contributed by atoms with Crippen LogP contribution in [0.4, 0.5) is 5.95 Å². The summed E-state index contributed by atoms with van der Waals surface area (Å²) in [4.78, 5) is 45.7. The summed E-state index contributed by atoms with van der Waals surface area (Å²) in [6.45, 7) is 4.45. The molecule has 32 heavy (non-hydrogen) atoms. The zero-order valence-electron chi connectivity index (χ0n) is 18.2. The fourth-order valence-corrected chi connectivity index (χ4v) is 3.68. The average molecular weight is 457 g/mol. The summed E-state index contributed by atoms with van der Waals surface area (Å²) in [6, 6.07) is 7.36. The first-order valence-electron chi connectivity index (χ1n) is 10.5. The quantitative estimate of drug-likeness (QED) is 0.234. The van der Waals surface area contributed by atoms with Crippen LogP contribution < -0.4 is 21.3 Å². The number of aromatic nitrogens is 3. The van der Waals surface area contributed by atoms with Crippen molar-refractivity contribution in [1.29, 1.82) is 0 Å². The molecule has 3 aromatic rings. The Labute approximate surface area is 190 Å². The van der Waals surface area contributed by atoms with Gasteiger partial charge in [0.1, 0.15) is 5.65 Å².